The summed E-state index contributed by atoms with van der Waals surface area (Å²) in [6.07, 6.45) is 1.90. The Hall–Kier alpha value is -2.68. The zero-order valence-corrected chi connectivity index (χ0v) is 31.0. The lowest BCUT2D eigenvalue weighted by Gasteiger charge is -2.39. The van der Waals surface area contributed by atoms with Crippen molar-refractivity contribution >= 4 is 28.7 Å². The number of amides is 1. The number of hydrogen-bond acceptors (Lipinski definition) is 7. The minimum atomic E-state index is -2.28. The van der Waals surface area contributed by atoms with Crippen molar-refractivity contribution in [2.45, 2.75) is 123 Å². The predicted molar refractivity (Wildman–Crippen MR) is 179 cm³/mol. The number of nitrogens with one attached hydrogen (secondary N) is 1. The molecule has 1 heterocycles. The van der Waals surface area contributed by atoms with Gasteiger partial charge in [0.05, 0.1) is 18.8 Å². The summed E-state index contributed by atoms with van der Waals surface area (Å²) in [6, 6.07) is 7.45. The zero-order valence-electron chi connectivity index (χ0n) is 29.0. The maximum Gasteiger partial charge on any atom is 0.407 e. The molecule has 2 N–H and O–H groups in total. The highest BCUT2D eigenvalue weighted by Crippen LogP contribution is 2.38. The monoisotopic (exact) mass is 649 g/mol. The van der Waals surface area contributed by atoms with Crippen LogP contribution in [-0.4, -0.2) is 74.5 Å². The molecule has 0 spiro atoms. The number of carbonyl (C=O) groups is 2. The molecule has 0 unspecified atom stereocenters. The molecule has 1 amide bonds. The van der Waals surface area contributed by atoms with Crippen LogP contribution in [0.3, 0.4) is 0 Å². The molecule has 1 aromatic carbocycles. The topological polar surface area (TPSA) is 121 Å². The van der Waals surface area contributed by atoms with Gasteiger partial charge in [-0.1, -0.05) is 53.7 Å². The average Bonchev–Trinajstić information content (AvgIpc) is 3.31. The molecule has 2 atom stereocenters. The van der Waals surface area contributed by atoms with Crippen molar-refractivity contribution in [1.29, 1.82) is 0 Å². The van der Waals surface area contributed by atoms with E-state index in [4.69, 9.17) is 18.3 Å². The Labute approximate surface area is 266 Å². The number of aliphatic carboxylic acids is 1. The van der Waals surface area contributed by atoms with Gasteiger partial charge in [-0.25, -0.2) is 9.59 Å². The van der Waals surface area contributed by atoms with E-state index < -0.39 is 40.4 Å². The van der Waals surface area contributed by atoms with Gasteiger partial charge in [0.2, 0.25) is 0 Å². The molecule has 10 nitrogen and oxygen atoms in total. The van der Waals surface area contributed by atoms with E-state index in [9.17, 15) is 14.7 Å². The number of aromatic nitrogens is 2. The first-order valence-electron chi connectivity index (χ1n) is 15.2. The summed E-state index contributed by atoms with van der Waals surface area (Å²) in [4.78, 5) is 24.2. The molecule has 0 saturated carbocycles. The molecule has 0 aliphatic rings. The van der Waals surface area contributed by atoms with E-state index in [1.165, 1.54) is 0 Å². The van der Waals surface area contributed by atoms with Crippen molar-refractivity contribution in [2.75, 3.05) is 13.2 Å². The van der Waals surface area contributed by atoms with Crippen LogP contribution in [0.15, 0.2) is 36.7 Å². The average molecular weight is 650 g/mol. The number of nitrogens with zero attached hydrogens (tertiary/aromatic N) is 2. The molecule has 0 saturated heterocycles. The molecule has 2 aromatic rings. The van der Waals surface area contributed by atoms with E-state index in [1.807, 2.05) is 69.0 Å². The minimum absolute atomic E-state index is 0.00238. The van der Waals surface area contributed by atoms with Gasteiger partial charge in [0.15, 0.2) is 22.7 Å². The van der Waals surface area contributed by atoms with Crippen molar-refractivity contribution in [3.63, 3.8) is 0 Å². The lowest BCUT2D eigenvalue weighted by Crippen LogP contribution is -2.48. The third kappa shape index (κ3) is 11.4. The highest BCUT2D eigenvalue weighted by atomic mass is 28.4. The minimum Gasteiger partial charge on any atom is -0.490 e. The number of carbonyl (C=O) groups excluding carboxylic acids is 1. The van der Waals surface area contributed by atoms with E-state index in [0.717, 1.165) is 11.1 Å². The molecule has 0 radical (unpaired) electrons. The third-order valence-corrected chi connectivity index (χ3v) is 17.3. The van der Waals surface area contributed by atoms with E-state index in [2.05, 4.69) is 65.1 Å². The Kier molecular flexibility index (Phi) is 12.1. The van der Waals surface area contributed by atoms with Crippen molar-refractivity contribution in [2.24, 2.45) is 0 Å². The number of hydrogen-bond donors (Lipinski definition) is 2. The van der Waals surface area contributed by atoms with E-state index in [1.54, 1.807) is 6.20 Å². The lowest BCUT2D eigenvalue weighted by atomic mass is 10.1. The third-order valence-electron chi connectivity index (χ3n) is 8.27. The van der Waals surface area contributed by atoms with Crippen LogP contribution in [0.5, 0.6) is 5.75 Å². The Morgan fingerprint density at radius 1 is 0.886 bits per heavy atom. The smallest absolute Gasteiger partial charge is 0.407 e. The Bertz CT molecular complexity index is 1240. The highest BCUT2D eigenvalue weighted by Gasteiger charge is 2.41. The van der Waals surface area contributed by atoms with E-state index >= 15 is 0 Å². The summed E-state index contributed by atoms with van der Waals surface area (Å²) in [5.74, 6) is -0.474. The molecule has 44 heavy (non-hydrogen) atoms. The van der Waals surface area contributed by atoms with Crippen LogP contribution >= 0.6 is 0 Å². The second-order valence-electron chi connectivity index (χ2n) is 15.4. The molecule has 0 aliphatic heterocycles. The van der Waals surface area contributed by atoms with Crippen LogP contribution in [0.1, 0.15) is 62.3 Å². The predicted octanol–water partition coefficient (Wildman–Crippen LogP) is 7.32. The van der Waals surface area contributed by atoms with Crippen LogP contribution in [0.2, 0.25) is 36.3 Å². The van der Waals surface area contributed by atoms with E-state index in [0.29, 0.717) is 18.8 Å². The van der Waals surface area contributed by atoms with Gasteiger partial charge in [0.1, 0.15) is 18.0 Å². The molecular weight excluding hydrogens is 595 g/mol. The van der Waals surface area contributed by atoms with Crippen molar-refractivity contribution in [1.82, 2.24) is 15.1 Å². The Morgan fingerprint density at radius 3 is 1.93 bits per heavy atom. The quantitative estimate of drug-likeness (QED) is 0.217. The number of carboxylic acid groups (broad SMARTS) is 1. The highest BCUT2D eigenvalue weighted by molar-refractivity contribution is 6.74. The zero-order chi connectivity index (χ0) is 33.7. The van der Waals surface area contributed by atoms with Gasteiger partial charge in [-0.05, 0) is 74.7 Å². The standard InChI is InChI=1S/C32H55N3O7Si2/c1-30(2,3)40-29(38)33-19-26(41-43(10,11)31(4,5)6)21-35-20-24(18-34-35)23-14-16-25(17-15-23)39-22-27(28(36)37)42-44(12,13)32(7,8)9/h14-18,20,26-27H,19,21-22H2,1-13H3,(H,33,38)(H,36,37)/t26-,27+/m0/s1. The Morgan fingerprint density at radius 2 is 1.43 bits per heavy atom. The van der Waals surface area contributed by atoms with Gasteiger partial charge in [-0.15, -0.1) is 0 Å². The summed E-state index contributed by atoms with van der Waals surface area (Å²) in [5.41, 5.74) is 1.26. The maximum absolute atomic E-state index is 12.4. The fourth-order valence-corrected chi connectivity index (χ4v) is 6.25. The van der Waals surface area contributed by atoms with Gasteiger partial charge in [-0.3, -0.25) is 4.68 Å². The first kappa shape index (κ1) is 37.5. The number of benzene rings is 1. The van der Waals surface area contributed by atoms with E-state index in [-0.39, 0.29) is 22.8 Å². The van der Waals surface area contributed by atoms with Crippen molar-refractivity contribution in [3.8, 4) is 16.9 Å². The number of alkyl carbamates (subject to hydrolysis) is 1. The second-order valence-corrected chi connectivity index (χ2v) is 24.9. The summed E-state index contributed by atoms with van der Waals surface area (Å²) in [7, 11) is -4.42. The van der Waals surface area contributed by atoms with Gasteiger partial charge < -0.3 is 28.7 Å². The largest absolute Gasteiger partial charge is 0.490 e. The SMILES string of the molecule is CC(C)(C)OC(=O)NC[C@@H](Cn1cc(-c2ccc(OC[C@@H](O[Si](C)(C)C(C)(C)C)C(=O)O)cc2)cn1)O[Si](C)(C)C(C)(C)C. The first-order valence-corrected chi connectivity index (χ1v) is 21.0. The van der Waals surface area contributed by atoms with Crippen LogP contribution in [-0.2, 0) is 24.9 Å². The summed E-state index contributed by atoms with van der Waals surface area (Å²) < 4.78 is 25.8. The molecule has 0 aliphatic carbocycles. The normalized spacial score (nSPS) is 14.6. The fourth-order valence-electron chi connectivity index (χ4n) is 3.67. The van der Waals surface area contributed by atoms with Crippen molar-refractivity contribution < 1.29 is 33.0 Å². The number of ether oxygens (including phenoxy) is 2. The molecule has 1 aromatic heterocycles. The summed E-state index contributed by atoms with van der Waals surface area (Å²) >= 11 is 0. The molecule has 248 valence electrons. The van der Waals surface area contributed by atoms with Crippen LogP contribution in [0, 0.1) is 0 Å². The van der Waals surface area contributed by atoms with Crippen molar-refractivity contribution in [3.05, 3.63) is 36.7 Å². The van der Waals surface area contributed by atoms with Crippen LogP contribution in [0.25, 0.3) is 11.1 Å². The van der Waals surface area contributed by atoms with Crippen LogP contribution < -0.4 is 10.1 Å². The van der Waals surface area contributed by atoms with Gasteiger partial charge in [-0.2, -0.15) is 5.10 Å². The maximum atomic E-state index is 12.4. The lowest BCUT2D eigenvalue weighted by molar-refractivity contribution is -0.147. The second kappa shape index (κ2) is 14.2. The summed E-state index contributed by atoms with van der Waals surface area (Å²) in [6.45, 7) is 27.3. The van der Waals surface area contributed by atoms with Crippen LogP contribution in [0.4, 0.5) is 4.79 Å². The molecule has 2 rings (SSSR count). The number of carboxylic acids is 1. The molecule has 0 fully saturated rings. The molecule has 12 heteroatoms. The Balaban J connectivity index is 2.11. The molecular formula is C32H55N3O7Si2. The van der Waals surface area contributed by atoms with Gasteiger partial charge in [0.25, 0.3) is 0 Å². The van der Waals surface area contributed by atoms with Gasteiger partial charge in [0, 0.05) is 18.3 Å². The number of rotatable bonds is 13. The first-order chi connectivity index (χ1) is 19.9. The van der Waals surface area contributed by atoms with Gasteiger partial charge >= 0.3 is 12.1 Å². The fraction of sp³-hybridized carbons (Fsp3) is 0.656. The summed E-state index contributed by atoms with van der Waals surface area (Å²) in [5, 5.41) is 17.0. The molecule has 0 bridgehead atoms.